The fraction of sp³-hybridized carbons (Fsp3) is 0.529. The van der Waals surface area contributed by atoms with Gasteiger partial charge in [0.25, 0.3) is 5.91 Å². The number of nitrogens with one attached hydrogen (secondary N) is 1. The zero-order valence-corrected chi connectivity index (χ0v) is 13.3. The second-order valence-corrected chi connectivity index (χ2v) is 6.66. The maximum absolute atomic E-state index is 15.0. The Morgan fingerprint density at radius 1 is 1.48 bits per heavy atom. The molecule has 23 heavy (non-hydrogen) atoms. The Labute approximate surface area is 134 Å². The molecule has 6 heteroatoms. The number of carbonyl (C=O) groups excluding carboxylic acids is 1. The first-order valence-electron chi connectivity index (χ1n) is 7.93. The molecule has 2 fully saturated rings. The first kappa shape index (κ1) is 15.9. The number of carboxylic acid groups (broad SMARTS) is 1. The summed E-state index contributed by atoms with van der Waals surface area (Å²) in [5, 5.41) is 12.4. The number of carbonyl (C=O) groups is 2. The maximum Gasteiger partial charge on any atom is 0.335 e. The summed E-state index contributed by atoms with van der Waals surface area (Å²) in [5.74, 6) is -1.85. The lowest BCUT2D eigenvalue weighted by Gasteiger charge is -2.29. The van der Waals surface area contributed by atoms with E-state index in [1.54, 1.807) is 12.1 Å². The summed E-state index contributed by atoms with van der Waals surface area (Å²) in [4.78, 5) is 25.4. The fourth-order valence-electron chi connectivity index (χ4n) is 3.54. The van der Waals surface area contributed by atoms with Crippen LogP contribution in [-0.4, -0.2) is 42.3 Å². The summed E-state index contributed by atoms with van der Waals surface area (Å²) in [6, 6.07) is 4.81. The molecule has 2 saturated heterocycles. The Morgan fingerprint density at radius 3 is 2.83 bits per heavy atom. The molecule has 1 aromatic rings. The van der Waals surface area contributed by atoms with Crippen molar-refractivity contribution in [2.45, 2.75) is 31.9 Å². The molecule has 2 atom stereocenters. The lowest BCUT2D eigenvalue weighted by atomic mass is 9.86. The highest BCUT2D eigenvalue weighted by atomic mass is 19.1. The molecule has 5 nitrogen and oxygen atoms in total. The van der Waals surface area contributed by atoms with E-state index in [4.69, 9.17) is 0 Å². The summed E-state index contributed by atoms with van der Waals surface area (Å²) in [6.07, 6.45) is 0.192. The summed E-state index contributed by atoms with van der Waals surface area (Å²) in [5.41, 5.74) is -0.336. The first-order valence-corrected chi connectivity index (χ1v) is 7.93. The zero-order chi connectivity index (χ0) is 16.8. The van der Waals surface area contributed by atoms with Gasteiger partial charge in [0.15, 0.2) is 5.67 Å². The minimum atomic E-state index is -1.80. The van der Waals surface area contributed by atoms with Crippen molar-refractivity contribution in [2.24, 2.45) is 5.92 Å². The molecular formula is C17H21FN2O3. The van der Waals surface area contributed by atoms with Crippen LogP contribution in [0.4, 0.5) is 10.1 Å². The third kappa shape index (κ3) is 2.51. The molecule has 0 aliphatic carbocycles. The Kier molecular flexibility index (Phi) is 3.88. The van der Waals surface area contributed by atoms with Gasteiger partial charge >= 0.3 is 5.97 Å². The average Bonchev–Trinajstić information content (AvgIpc) is 2.78. The molecule has 2 heterocycles. The molecule has 0 bridgehead atoms. The minimum Gasteiger partial charge on any atom is -0.478 e. The van der Waals surface area contributed by atoms with E-state index in [1.807, 2.05) is 13.8 Å². The third-order valence-corrected chi connectivity index (χ3v) is 4.91. The molecule has 0 radical (unpaired) electrons. The van der Waals surface area contributed by atoms with E-state index in [2.05, 4.69) is 5.32 Å². The van der Waals surface area contributed by atoms with Crippen LogP contribution in [0.2, 0.25) is 0 Å². The van der Waals surface area contributed by atoms with Crippen LogP contribution in [0, 0.1) is 5.92 Å². The van der Waals surface area contributed by atoms with Gasteiger partial charge in [0.1, 0.15) is 0 Å². The molecule has 0 spiro atoms. The number of rotatable bonds is 3. The number of hydrogen-bond acceptors (Lipinski definition) is 3. The fourth-order valence-corrected chi connectivity index (χ4v) is 3.54. The van der Waals surface area contributed by atoms with Gasteiger partial charge in [0.2, 0.25) is 0 Å². The number of benzene rings is 1. The highest BCUT2D eigenvalue weighted by Crippen LogP contribution is 2.40. The van der Waals surface area contributed by atoms with Crippen molar-refractivity contribution >= 4 is 17.6 Å². The Balaban J connectivity index is 1.98. The number of carboxylic acids is 1. The molecule has 1 amide bonds. The predicted molar refractivity (Wildman–Crippen MR) is 84.7 cm³/mol. The van der Waals surface area contributed by atoms with Crippen LogP contribution in [0.5, 0.6) is 0 Å². The number of alkyl halides is 1. The van der Waals surface area contributed by atoms with Crippen LogP contribution in [-0.2, 0) is 4.79 Å². The predicted octanol–water partition coefficient (Wildman–Crippen LogP) is 2.17. The summed E-state index contributed by atoms with van der Waals surface area (Å²) in [7, 11) is 0. The van der Waals surface area contributed by atoms with Gasteiger partial charge < -0.3 is 15.3 Å². The van der Waals surface area contributed by atoms with Crippen LogP contribution in [0.15, 0.2) is 18.2 Å². The van der Waals surface area contributed by atoms with Crippen molar-refractivity contribution in [2.75, 3.05) is 24.5 Å². The van der Waals surface area contributed by atoms with E-state index in [1.165, 1.54) is 11.0 Å². The van der Waals surface area contributed by atoms with E-state index in [-0.39, 0.29) is 23.8 Å². The van der Waals surface area contributed by atoms with Gasteiger partial charge in [-0.3, -0.25) is 4.79 Å². The van der Waals surface area contributed by atoms with Crippen LogP contribution >= 0.6 is 0 Å². The molecule has 0 saturated carbocycles. The summed E-state index contributed by atoms with van der Waals surface area (Å²) in [6.45, 7) is 5.12. The molecule has 3 rings (SSSR count). The van der Waals surface area contributed by atoms with Crippen molar-refractivity contribution < 1.29 is 19.1 Å². The summed E-state index contributed by atoms with van der Waals surface area (Å²) < 4.78 is 15.0. The maximum atomic E-state index is 15.0. The molecule has 2 aliphatic heterocycles. The van der Waals surface area contributed by atoms with Gasteiger partial charge in [-0.1, -0.05) is 13.8 Å². The van der Waals surface area contributed by atoms with Gasteiger partial charge in [-0.05, 0) is 36.2 Å². The molecule has 2 N–H and O–H groups in total. The quantitative estimate of drug-likeness (QED) is 0.895. The average molecular weight is 320 g/mol. The zero-order valence-electron chi connectivity index (χ0n) is 13.3. The van der Waals surface area contributed by atoms with Gasteiger partial charge in [-0.25, -0.2) is 9.18 Å². The van der Waals surface area contributed by atoms with E-state index >= 15 is 4.39 Å². The van der Waals surface area contributed by atoms with E-state index < -0.39 is 17.5 Å². The Morgan fingerprint density at radius 2 is 2.22 bits per heavy atom. The molecule has 0 aromatic heterocycles. The molecular weight excluding hydrogens is 299 g/mol. The SMILES string of the molecule is CC(C)c1cc(N2C[C@@H]3CNCC[C@]3(F)C2=O)ccc1C(=O)O. The number of nitrogens with zero attached hydrogens (tertiary/aromatic N) is 1. The summed E-state index contributed by atoms with van der Waals surface area (Å²) >= 11 is 0. The Bertz CT molecular complexity index is 661. The third-order valence-electron chi connectivity index (χ3n) is 4.91. The largest absolute Gasteiger partial charge is 0.478 e. The van der Waals surface area contributed by atoms with Gasteiger partial charge in [-0.2, -0.15) is 0 Å². The first-order chi connectivity index (χ1) is 10.8. The van der Waals surface area contributed by atoms with Crippen LogP contribution < -0.4 is 10.2 Å². The topological polar surface area (TPSA) is 69.6 Å². The van der Waals surface area contributed by atoms with Crippen LogP contribution in [0.1, 0.15) is 42.1 Å². The standard InChI is InChI=1S/C17H21FN2O3/c1-10(2)14-7-12(3-4-13(14)15(21)22)20-9-11-8-19-6-5-17(11,18)16(20)23/h3-4,7,10-11,19H,5-6,8-9H2,1-2H3,(H,21,22)/t11-,17+/m0/s1. The minimum absolute atomic E-state index is 0.00189. The number of amides is 1. The van der Waals surface area contributed by atoms with E-state index in [0.29, 0.717) is 30.9 Å². The van der Waals surface area contributed by atoms with Crippen LogP contribution in [0.3, 0.4) is 0 Å². The smallest absolute Gasteiger partial charge is 0.335 e. The number of hydrogen-bond donors (Lipinski definition) is 2. The number of piperidine rings is 1. The van der Waals surface area contributed by atoms with Crippen molar-refractivity contribution in [1.29, 1.82) is 0 Å². The van der Waals surface area contributed by atoms with Crippen molar-refractivity contribution in [3.8, 4) is 0 Å². The van der Waals surface area contributed by atoms with Crippen molar-refractivity contribution in [1.82, 2.24) is 5.32 Å². The van der Waals surface area contributed by atoms with Gasteiger partial charge in [-0.15, -0.1) is 0 Å². The molecule has 1 aromatic carbocycles. The Hall–Kier alpha value is -1.95. The van der Waals surface area contributed by atoms with Gasteiger partial charge in [0, 0.05) is 31.1 Å². The van der Waals surface area contributed by atoms with Crippen molar-refractivity contribution in [3.63, 3.8) is 0 Å². The number of anilines is 1. The molecule has 124 valence electrons. The van der Waals surface area contributed by atoms with Gasteiger partial charge in [0.05, 0.1) is 5.56 Å². The number of halogens is 1. The second kappa shape index (κ2) is 5.60. The normalized spacial score (nSPS) is 27.4. The number of aromatic carboxylic acids is 1. The second-order valence-electron chi connectivity index (χ2n) is 6.66. The monoisotopic (exact) mass is 320 g/mol. The lowest BCUT2D eigenvalue weighted by Crippen LogP contribution is -2.49. The highest BCUT2D eigenvalue weighted by molar-refractivity contribution is 6.03. The van der Waals surface area contributed by atoms with Crippen LogP contribution in [0.25, 0.3) is 0 Å². The van der Waals surface area contributed by atoms with Crippen molar-refractivity contribution in [3.05, 3.63) is 29.3 Å². The van der Waals surface area contributed by atoms with E-state index in [0.717, 1.165) is 0 Å². The molecule has 2 aliphatic rings. The van der Waals surface area contributed by atoms with E-state index in [9.17, 15) is 14.7 Å². The highest BCUT2D eigenvalue weighted by Gasteiger charge is 2.56. The number of fused-ring (bicyclic) bond motifs is 1. The lowest BCUT2D eigenvalue weighted by molar-refractivity contribution is -0.130. The molecule has 0 unspecified atom stereocenters.